The highest BCUT2D eigenvalue weighted by atomic mass is 16.6. The number of amides is 1. The quantitative estimate of drug-likeness (QED) is 0.690. The largest absolute Gasteiger partial charge is 0.485 e. The van der Waals surface area contributed by atoms with E-state index < -0.39 is 6.10 Å². The molecule has 1 amide bonds. The van der Waals surface area contributed by atoms with Gasteiger partial charge < -0.3 is 13.9 Å². The van der Waals surface area contributed by atoms with Crippen LogP contribution in [0.3, 0.4) is 0 Å². The minimum absolute atomic E-state index is 0.151. The number of hydrogen-bond acceptors (Lipinski definition) is 5. The van der Waals surface area contributed by atoms with E-state index in [-0.39, 0.29) is 12.5 Å². The second-order valence-corrected chi connectivity index (χ2v) is 4.55. The number of nitrogens with one attached hydrogen (secondary N) is 1. The van der Waals surface area contributed by atoms with Crippen molar-refractivity contribution >= 4 is 12.1 Å². The molecule has 2 aromatic rings. The maximum atomic E-state index is 11.9. The zero-order valence-electron chi connectivity index (χ0n) is 11.4. The van der Waals surface area contributed by atoms with E-state index in [9.17, 15) is 4.79 Å². The first-order chi connectivity index (χ1) is 10.2. The summed E-state index contributed by atoms with van der Waals surface area (Å²) >= 11 is 0. The first-order valence-electron chi connectivity index (χ1n) is 6.50. The lowest BCUT2D eigenvalue weighted by Crippen LogP contribution is -2.42. The molecular formula is C15H14N2O4. The van der Waals surface area contributed by atoms with Gasteiger partial charge in [0.25, 0.3) is 5.91 Å². The smallest absolute Gasteiger partial charge is 0.284 e. The number of fused-ring (bicyclic) bond motifs is 1. The number of aryl methyl sites for hydroxylation is 1. The van der Waals surface area contributed by atoms with Crippen molar-refractivity contribution in [2.24, 2.45) is 5.10 Å². The van der Waals surface area contributed by atoms with E-state index in [2.05, 4.69) is 10.5 Å². The number of benzene rings is 1. The van der Waals surface area contributed by atoms with Crippen molar-refractivity contribution in [2.45, 2.75) is 13.0 Å². The van der Waals surface area contributed by atoms with E-state index in [4.69, 9.17) is 13.9 Å². The molecule has 1 aromatic carbocycles. The number of ether oxygens (including phenoxy) is 2. The number of nitrogens with zero attached hydrogens (tertiary/aromatic N) is 1. The van der Waals surface area contributed by atoms with Gasteiger partial charge in [0, 0.05) is 0 Å². The monoisotopic (exact) mass is 286 g/mol. The van der Waals surface area contributed by atoms with Crippen molar-refractivity contribution in [3.05, 3.63) is 47.9 Å². The Balaban J connectivity index is 1.58. The van der Waals surface area contributed by atoms with Crippen molar-refractivity contribution in [3.63, 3.8) is 0 Å². The van der Waals surface area contributed by atoms with Crippen LogP contribution in [0.5, 0.6) is 11.5 Å². The van der Waals surface area contributed by atoms with Gasteiger partial charge in [-0.05, 0) is 31.2 Å². The summed E-state index contributed by atoms with van der Waals surface area (Å²) in [6, 6.07) is 10.8. The molecule has 6 nitrogen and oxygen atoms in total. The highest BCUT2D eigenvalue weighted by molar-refractivity contribution is 5.83. The number of carbonyl (C=O) groups excluding carboxylic acids is 1. The topological polar surface area (TPSA) is 73.1 Å². The Morgan fingerprint density at radius 2 is 2.10 bits per heavy atom. The number of para-hydroxylation sites is 2. The molecule has 1 aliphatic heterocycles. The molecule has 0 aliphatic carbocycles. The molecule has 1 aliphatic rings. The van der Waals surface area contributed by atoms with Crippen LogP contribution in [0.15, 0.2) is 45.9 Å². The maximum Gasteiger partial charge on any atom is 0.284 e. The third-order valence-corrected chi connectivity index (χ3v) is 2.93. The highest BCUT2D eigenvalue weighted by Gasteiger charge is 2.26. The third-order valence-electron chi connectivity index (χ3n) is 2.93. The third kappa shape index (κ3) is 3.05. The molecule has 1 atom stereocenters. The molecule has 0 saturated heterocycles. The van der Waals surface area contributed by atoms with Gasteiger partial charge in [0.05, 0.1) is 6.21 Å². The Labute approximate surface area is 121 Å². The number of furan rings is 1. The molecule has 0 radical (unpaired) electrons. The minimum atomic E-state index is -0.726. The van der Waals surface area contributed by atoms with Gasteiger partial charge in [0.15, 0.2) is 11.5 Å². The molecule has 1 unspecified atom stereocenters. The van der Waals surface area contributed by atoms with Gasteiger partial charge in [-0.2, -0.15) is 5.10 Å². The normalized spacial score (nSPS) is 16.9. The summed E-state index contributed by atoms with van der Waals surface area (Å²) in [5.41, 5.74) is 2.41. The fraction of sp³-hybridized carbons (Fsp3) is 0.200. The van der Waals surface area contributed by atoms with Crippen molar-refractivity contribution < 1.29 is 18.7 Å². The lowest BCUT2D eigenvalue weighted by atomic mass is 10.2. The number of carbonyl (C=O) groups is 1. The SMILES string of the molecule is Cc1ccc(/C=N/NC(=O)C2COc3ccccc3O2)o1. The first-order valence-corrected chi connectivity index (χ1v) is 6.50. The van der Waals surface area contributed by atoms with Crippen LogP contribution in [0.25, 0.3) is 0 Å². The molecule has 0 bridgehead atoms. The Morgan fingerprint density at radius 1 is 1.29 bits per heavy atom. The van der Waals surface area contributed by atoms with E-state index in [0.29, 0.717) is 17.3 Å². The van der Waals surface area contributed by atoms with E-state index >= 15 is 0 Å². The van der Waals surface area contributed by atoms with Crippen LogP contribution in [0.1, 0.15) is 11.5 Å². The van der Waals surface area contributed by atoms with Crippen LogP contribution < -0.4 is 14.9 Å². The van der Waals surface area contributed by atoms with Crippen LogP contribution in [-0.4, -0.2) is 24.8 Å². The maximum absolute atomic E-state index is 11.9. The summed E-state index contributed by atoms with van der Waals surface area (Å²) in [6.45, 7) is 1.98. The number of rotatable bonds is 3. The van der Waals surface area contributed by atoms with Crippen molar-refractivity contribution in [1.29, 1.82) is 0 Å². The Kier molecular flexibility index (Phi) is 3.59. The van der Waals surface area contributed by atoms with E-state index in [1.54, 1.807) is 18.2 Å². The molecule has 1 N–H and O–H groups in total. The van der Waals surface area contributed by atoms with Crippen molar-refractivity contribution in [1.82, 2.24) is 5.43 Å². The van der Waals surface area contributed by atoms with Gasteiger partial charge in [-0.25, -0.2) is 5.43 Å². The van der Waals surface area contributed by atoms with E-state index in [0.717, 1.165) is 5.76 Å². The molecule has 0 spiro atoms. The molecule has 21 heavy (non-hydrogen) atoms. The molecule has 6 heteroatoms. The first kappa shape index (κ1) is 13.2. The number of hydrazone groups is 1. The molecule has 2 heterocycles. The standard InChI is InChI=1S/C15H14N2O4/c1-10-6-7-11(20-10)8-16-17-15(18)14-9-19-12-4-2-3-5-13(12)21-14/h2-8,14H,9H2,1H3,(H,17,18)/b16-8+. The molecular weight excluding hydrogens is 272 g/mol. The molecule has 0 fully saturated rings. The lowest BCUT2D eigenvalue weighted by molar-refractivity contribution is -0.130. The zero-order chi connectivity index (χ0) is 14.7. The van der Waals surface area contributed by atoms with E-state index in [1.165, 1.54) is 6.21 Å². The predicted molar refractivity (Wildman–Crippen MR) is 75.5 cm³/mol. The second kappa shape index (κ2) is 5.70. The van der Waals surface area contributed by atoms with Gasteiger partial charge >= 0.3 is 0 Å². The Bertz CT molecular complexity index is 678. The summed E-state index contributed by atoms with van der Waals surface area (Å²) in [5, 5.41) is 3.83. The fourth-order valence-electron chi connectivity index (χ4n) is 1.90. The predicted octanol–water partition coefficient (Wildman–Crippen LogP) is 1.88. The average molecular weight is 286 g/mol. The van der Waals surface area contributed by atoms with Gasteiger partial charge in [-0.1, -0.05) is 12.1 Å². The second-order valence-electron chi connectivity index (χ2n) is 4.55. The fourth-order valence-corrected chi connectivity index (χ4v) is 1.90. The van der Waals surface area contributed by atoms with Gasteiger partial charge in [-0.3, -0.25) is 4.79 Å². The van der Waals surface area contributed by atoms with Gasteiger partial charge in [-0.15, -0.1) is 0 Å². The van der Waals surface area contributed by atoms with Crippen LogP contribution in [0.4, 0.5) is 0 Å². The van der Waals surface area contributed by atoms with Crippen LogP contribution in [0, 0.1) is 6.92 Å². The highest BCUT2D eigenvalue weighted by Crippen LogP contribution is 2.30. The van der Waals surface area contributed by atoms with Crippen molar-refractivity contribution in [2.75, 3.05) is 6.61 Å². The summed E-state index contributed by atoms with van der Waals surface area (Å²) in [7, 11) is 0. The summed E-state index contributed by atoms with van der Waals surface area (Å²) in [4.78, 5) is 11.9. The Morgan fingerprint density at radius 3 is 2.86 bits per heavy atom. The van der Waals surface area contributed by atoms with Gasteiger partial charge in [0.2, 0.25) is 6.10 Å². The van der Waals surface area contributed by atoms with Crippen LogP contribution >= 0.6 is 0 Å². The van der Waals surface area contributed by atoms with Crippen LogP contribution in [-0.2, 0) is 4.79 Å². The Hall–Kier alpha value is -2.76. The van der Waals surface area contributed by atoms with Gasteiger partial charge in [0.1, 0.15) is 18.1 Å². The summed E-state index contributed by atoms with van der Waals surface area (Å²) in [6.07, 6.45) is 0.707. The lowest BCUT2D eigenvalue weighted by Gasteiger charge is -2.24. The van der Waals surface area contributed by atoms with Crippen LogP contribution in [0.2, 0.25) is 0 Å². The summed E-state index contributed by atoms with van der Waals surface area (Å²) in [5.74, 6) is 2.16. The molecule has 108 valence electrons. The molecule has 3 rings (SSSR count). The summed E-state index contributed by atoms with van der Waals surface area (Å²) < 4.78 is 16.3. The minimum Gasteiger partial charge on any atom is -0.485 e. The molecule has 0 saturated carbocycles. The average Bonchev–Trinajstić information content (AvgIpc) is 2.92. The van der Waals surface area contributed by atoms with Crippen molar-refractivity contribution in [3.8, 4) is 11.5 Å². The molecule has 1 aromatic heterocycles. The number of hydrogen-bond donors (Lipinski definition) is 1. The van der Waals surface area contributed by atoms with E-state index in [1.807, 2.05) is 25.1 Å². The zero-order valence-corrected chi connectivity index (χ0v) is 11.4.